The van der Waals surface area contributed by atoms with Gasteiger partial charge in [0, 0.05) is 11.7 Å². The first kappa shape index (κ1) is 17.8. The summed E-state index contributed by atoms with van der Waals surface area (Å²) in [6.07, 6.45) is -3.98. The average molecular weight is 324 g/mol. The second-order valence-corrected chi connectivity index (χ2v) is 6.60. The summed E-state index contributed by atoms with van der Waals surface area (Å²) in [5, 5.41) is 0. The van der Waals surface area contributed by atoms with Crippen LogP contribution in [0.1, 0.15) is 26.7 Å². The zero-order chi connectivity index (χ0) is 16.3. The number of sulfonamides is 1. The molecule has 0 spiro atoms. The minimum Gasteiger partial charge on any atom is -0.399 e. The number of alkyl halides is 3. The molecule has 0 heterocycles. The van der Waals surface area contributed by atoms with Crippen LogP contribution in [0.4, 0.5) is 18.9 Å². The van der Waals surface area contributed by atoms with E-state index in [0.717, 1.165) is 0 Å². The van der Waals surface area contributed by atoms with E-state index in [1.165, 1.54) is 24.3 Å². The average Bonchev–Trinajstić information content (AvgIpc) is 2.38. The van der Waals surface area contributed by atoms with E-state index < -0.39 is 28.8 Å². The minimum atomic E-state index is -4.59. The van der Waals surface area contributed by atoms with Crippen LogP contribution in [-0.4, -0.2) is 31.5 Å². The number of hydrogen-bond acceptors (Lipinski definition) is 3. The Morgan fingerprint density at radius 3 is 2.00 bits per heavy atom. The zero-order valence-corrected chi connectivity index (χ0v) is 12.7. The molecule has 0 aliphatic carbocycles. The van der Waals surface area contributed by atoms with E-state index >= 15 is 0 Å². The molecule has 21 heavy (non-hydrogen) atoms. The van der Waals surface area contributed by atoms with Crippen molar-refractivity contribution in [3.05, 3.63) is 24.3 Å². The van der Waals surface area contributed by atoms with Crippen LogP contribution in [-0.2, 0) is 10.0 Å². The molecule has 0 radical (unpaired) electrons. The number of hydrogen-bond donors (Lipinski definition) is 1. The lowest BCUT2D eigenvalue weighted by molar-refractivity contribution is -0.139. The SMILES string of the molecule is CCC(CC)N(CC(F)(F)F)S(=O)(=O)c1ccc(N)cc1. The standard InChI is InChI=1S/C13H19F3N2O2S/c1-3-11(4-2)18(9-13(14,15)16)21(19,20)12-7-5-10(17)6-8-12/h5-8,11H,3-4,9,17H2,1-2H3. The van der Waals surface area contributed by atoms with Crippen molar-refractivity contribution in [3.63, 3.8) is 0 Å². The van der Waals surface area contributed by atoms with Gasteiger partial charge < -0.3 is 5.73 Å². The van der Waals surface area contributed by atoms with Gasteiger partial charge in [-0.05, 0) is 37.1 Å². The van der Waals surface area contributed by atoms with Crippen LogP contribution in [0.3, 0.4) is 0 Å². The lowest BCUT2D eigenvalue weighted by Crippen LogP contribution is -2.45. The number of nitrogen functional groups attached to an aromatic ring is 1. The van der Waals surface area contributed by atoms with Crippen LogP contribution in [0.15, 0.2) is 29.2 Å². The lowest BCUT2D eigenvalue weighted by atomic mass is 10.2. The Hall–Kier alpha value is -1.28. The Kier molecular flexibility index (Phi) is 5.63. The summed E-state index contributed by atoms with van der Waals surface area (Å²) in [5.74, 6) is 0. The van der Waals surface area contributed by atoms with E-state index in [9.17, 15) is 21.6 Å². The third kappa shape index (κ3) is 4.60. The van der Waals surface area contributed by atoms with E-state index in [4.69, 9.17) is 5.73 Å². The van der Waals surface area contributed by atoms with E-state index in [0.29, 0.717) is 22.8 Å². The normalized spacial score (nSPS) is 13.1. The Labute approximate surface area is 122 Å². The third-order valence-corrected chi connectivity index (χ3v) is 5.08. The quantitative estimate of drug-likeness (QED) is 0.818. The van der Waals surface area contributed by atoms with Gasteiger partial charge in [-0.15, -0.1) is 0 Å². The highest BCUT2D eigenvalue weighted by molar-refractivity contribution is 7.89. The molecule has 0 bridgehead atoms. The first-order chi connectivity index (χ1) is 9.61. The summed E-state index contributed by atoms with van der Waals surface area (Å²) >= 11 is 0. The number of nitrogens with zero attached hydrogens (tertiary/aromatic N) is 1. The summed E-state index contributed by atoms with van der Waals surface area (Å²) in [7, 11) is -4.22. The number of benzene rings is 1. The molecule has 0 unspecified atom stereocenters. The maximum atomic E-state index is 12.7. The topological polar surface area (TPSA) is 63.4 Å². The van der Waals surface area contributed by atoms with Gasteiger partial charge in [0.05, 0.1) is 4.90 Å². The van der Waals surface area contributed by atoms with Crippen molar-refractivity contribution in [2.45, 2.75) is 43.8 Å². The molecule has 0 aliphatic heterocycles. The molecular weight excluding hydrogens is 305 g/mol. The molecular formula is C13H19F3N2O2S. The number of anilines is 1. The van der Waals surface area contributed by atoms with Gasteiger partial charge in [0.1, 0.15) is 6.54 Å². The molecule has 0 saturated heterocycles. The molecule has 0 amide bonds. The molecule has 120 valence electrons. The molecule has 0 aromatic heterocycles. The van der Waals surface area contributed by atoms with Crippen LogP contribution in [0.5, 0.6) is 0 Å². The van der Waals surface area contributed by atoms with E-state index in [2.05, 4.69) is 0 Å². The summed E-state index contributed by atoms with van der Waals surface area (Å²) < 4.78 is 63.6. The van der Waals surface area contributed by atoms with Crippen molar-refractivity contribution in [2.24, 2.45) is 0 Å². The van der Waals surface area contributed by atoms with Crippen LogP contribution >= 0.6 is 0 Å². The van der Waals surface area contributed by atoms with Gasteiger partial charge in [-0.2, -0.15) is 17.5 Å². The molecule has 0 saturated carbocycles. The van der Waals surface area contributed by atoms with Crippen molar-refractivity contribution in [2.75, 3.05) is 12.3 Å². The van der Waals surface area contributed by atoms with Gasteiger partial charge in [0.15, 0.2) is 0 Å². The first-order valence-corrected chi connectivity index (χ1v) is 8.00. The van der Waals surface area contributed by atoms with Gasteiger partial charge in [-0.25, -0.2) is 8.42 Å². The molecule has 0 aliphatic rings. The van der Waals surface area contributed by atoms with E-state index in [-0.39, 0.29) is 4.90 Å². The maximum absolute atomic E-state index is 12.7. The van der Waals surface area contributed by atoms with Crippen molar-refractivity contribution < 1.29 is 21.6 Å². The van der Waals surface area contributed by atoms with Crippen molar-refractivity contribution in [1.29, 1.82) is 0 Å². The fraction of sp³-hybridized carbons (Fsp3) is 0.538. The highest BCUT2D eigenvalue weighted by Crippen LogP contribution is 2.27. The van der Waals surface area contributed by atoms with E-state index in [1.807, 2.05) is 0 Å². The number of halogens is 3. The monoisotopic (exact) mass is 324 g/mol. The Bertz CT molecular complexity index is 552. The summed E-state index contributed by atoms with van der Waals surface area (Å²) in [5.41, 5.74) is 5.82. The third-order valence-electron chi connectivity index (χ3n) is 3.17. The minimum absolute atomic E-state index is 0.187. The molecule has 1 aromatic carbocycles. The second kappa shape index (κ2) is 6.65. The lowest BCUT2D eigenvalue weighted by Gasteiger charge is -2.30. The van der Waals surface area contributed by atoms with Crippen LogP contribution in [0.25, 0.3) is 0 Å². The predicted molar refractivity (Wildman–Crippen MR) is 75.2 cm³/mol. The summed E-state index contributed by atoms with van der Waals surface area (Å²) in [6.45, 7) is 1.83. The van der Waals surface area contributed by atoms with Crippen molar-refractivity contribution in [1.82, 2.24) is 4.31 Å². The van der Waals surface area contributed by atoms with E-state index in [1.54, 1.807) is 13.8 Å². The van der Waals surface area contributed by atoms with Gasteiger partial charge >= 0.3 is 6.18 Å². The fourth-order valence-corrected chi connectivity index (χ4v) is 3.82. The largest absolute Gasteiger partial charge is 0.402 e. The number of nitrogens with two attached hydrogens (primary N) is 1. The van der Waals surface area contributed by atoms with Crippen molar-refractivity contribution in [3.8, 4) is 0 Å². The Balaban J connectivity index is 3.25. The van der Waals surface area contributed by atoms with Crippen LogP contribution in [0, 0.1) is 0 Å². The Morgan fingerprint density at radius 1 is 1.14 bits per heavy atom. The van der Waals surface area contributed by atoms with Crippen LogP contribution in [0.2, 0.25) is 0 Å². The number of rotatable bonds is 6. The maximum Gasteiger partial charge on any atom is 0.402 e. The fourth-order valence-electron chi connectivity index (χ4n) is 2.06. The van der Waals surface area contributed by atoms with Crippen molar-refractivity contribution >= 4 is 15.7 Å². The molecule has 1 aromatic rings. The van der Waals surface area contributed by atoms with Gasteiger partial charge in [0.2, 0.25) is 10.0 Å². The predicted octanol–water partition coefficient (Wildman–Crippen LogP) is 3.01. The summed E-state index contributed by atoms with van der Waals surface area (Å²) in [4.78, 5) is -0.187. The molecule has 4 nitrogen and oxygen atoms in total. The molecule has 0 fully saturated rings. The molecule has 8 heteroatoms. The first-order valence-electron chi connectivity index (χ1n) is 6.56. The highest BCUT2D eigenvalue weighted by atomic mass is 32.2. The smallest absolute Gasteiger partial charge is 0.399 e. The van der Waals surface area contributed by atoms with Gasteiger partial charge in [-0.1, -0.05) is 13.8 Å². The van der Waals surface area contributed by atoms with Gasteiger partial charge in [0.25, 0.3) is 0 Å². The molecule has 2 N–H and O–H groups in total. The molecule has 0 atom stereocenters. The van der Waals surface area contributed by atoms with Crippen LogP contribution < -0.4 is 5.73 Å². The molecule has 1 rings (SSSR count). The second-order valence-electron chi connectivity index (χ2n) is 4.70. The highest BCUT2D eigenvalue weighted by Gasteiger charge is 2.39. The summed E-state index contributed by atoms with van der Waals surface area (Å²) in [6, 6.07) is 4.44. The van der Waals surface area contributed by atoms with Gasteiger partial charge in [-0.3, -0.25) is 0 Å². The Morgan fingerprint density at radius 2 is 1.62 bits per heavy atom. The zero-order valence-electron chi connectivity index (χ0n) is 11.9.